The van der Waals surface area contributed by atoms with Gasteiger partial charge in [-0.3, -0.25) is 9.59 Å². The van der Waals surface area contributed by atoms with Crippen LogP contribution in [-0.4, -0.2) is 24.3 Å². The number of nitrogens with zero attached hydrogens (tertiary/aromatic N) is 1. The van der Waals surface area contributed by atoms with Crippen LogP contribution >= 0.6 is 0 Å². The number of ketones is 1. The molecule has 1 unspecified atom stereocenters. The van der Waals surface area contributed by atoms with Gasteiger partial charge in [0.1, 0.15) is 0 Å². The maximum Gasteiger partial charge on any atom is 0.416 e. The van der Waals surface area contributed by atoms with Crippen LogP contribution in [0, 0.1) is 5.41 Å². The van der Waals surface area contributed by atoms with E-state index >= 15 is 0 Å². The van der Waals surface area contributed by atoms with Gasteiger partial charge in [0, 0.05) is 23.7 Å². The summed E-state index contributed by atoms with van der Waals surface area (Å²) >= 11 is 0. The van der Waals surface area contributed by atoms with E-state index in [1.165, 1.54) is 18.6 Å². The monoisotopic (exact) mass is 525 g/mol. The number of carbonyl (C=O) groups is 2. The van der Waals surface area contributed by atoms with Crippen LogP contribution in [0.15, 0.2) is 59.8 Å². The first-order chi connectivity index (χ1) is 18.0. The third kappa shape index (κ3) is 5.45. The van der Waals surface area contributed by atoms with E-state index in [0.717, 1.165) is 54.9 Å². The third-order valence-corrected chi connectivity index (χ3v) is 7.84. The zero-order chi connectivity index (χ0) is 27.1. The average molecular weight is 526 g/mol. The molecule has 1 heterocycles. The number of fused-ring (bicyclic) bond motifs is 1. The van der Waals surface area contributed by atoms with Gasteiger partial charge in [0.15, 0.2) is 5.78 Å². The molecule has 2 aromatic carbocycles. The molecule has 1 fully saturated rings. The number of amides is 1. The summed E-state index contributed by atoms with van der Waals surface area (Å²) in [6, 6.07) is 11.9. The van der Waals surface area contributed by atoms with E-state index in [0.29, 0.717) is 24.0 Å². The summed E-state index contributed by atoms with van der Waals surface area (Å²) in [6.45, 7) is 4.06. The largest absolute Gasteiger partial charge is 0.416 e. The number of allylic oxidation sites excluding steroid dienone is 1. The van der Waals surface area contributed by atoms with Crippen molar-refractivity contribution in [1.82, 2.24) is 5.32 Å². The second-order valence-electron chi connectivity index (χ2n) is 11.5. The van der Waals surface area contributed by atoms with Gasteiger partial charge in [0.2, 0.25) is 5.91 Å². The number of benzene rings is 2. The van der Waals surface area contributed by atoms with Gasteiger partial charge in [-0.1, -0.05) is 57.4 Å². The Labute approximate surface area is 221 Å². The van der Waals surface area contributed by atoms with Crippen molar-refractivity contribution in [3.05, 3.63) is 70.9 Å². The molecule has 38 heavy (non-hydrogen) atoms. The van der Waals surface area contributed by atoms with Gasteiger partial charge in [-0.15, -0.1) is 0 Å². The number of para-hydroxylation sites is 2. The third-order valence-electron chi connectivity index (χ3n) is 7.84. The van der Waals surface area contributed by atoms with Gasteiger partial charge in [0.05, 0.1) is 29.5 Å². The first-order valence-corrected chi connectivity index (χ1v) is 13.4. The smallest absolute Gasteiger partial charge is 0.357 e. The van der Waals surface area contributed by atoms with Gasteiger partial charge < -0.3 is 15.5 Å². The lowest BCUT2D eigenvalue weighted by molar-refractivity contribution is -0.137. The highest BCUT2D eigenvalue weighted by Gasteiger charge is 2.42. The van der Waals surface area contributed by atoms with E-state index in [9.17, 15) is 22.8 Å². The molecule has 1 amide bonds. The molecule has 202 valence electrons. The lowest BCUT2D eigenvalue weighted by Gasteiger charge is -2.38. The van der Waals surface area contributed by atoms with Crippen LogP contribution in [0.3, 0.4) is 0 Å². The lowest BCUT2D eigenvalue weighted by atomic mass is 9.73. The quantitative estimate of drug-likeness (QED) is 0.463. The van der Waals surface area contributed by atoms with E-state index in [-0.39, 0.29) is 29.7 Å². The van der Waals surface area contributed by atoms with Gasteiger partial charge in [0.25, 0.3) is 0 Å². The van der Waals surface area contributed by atoms with E-state index < -0.39 is 17.8 Å². The summed E-state index contributed by atoms with van der Waals surface area (Å²) in [6.07, 6.45) is 1.68. The van der Waals surface area contributed by atoms with Crippen molar-refractivity contribution in [2.24, 2.45) is 5.41 Å². The summed E-state index contributed by atoms with van der Waals surface area (Å²) in [7, 11) is 0. The van der Waals surface area contributed by atoms with E-state index in [2.05, 4.69) is 10.6 Å². The highest BCUT2D eigenvalue weighted by Crippen LogP contribution is 2.48. The zero-order valence-corrected chi connectivity index (χ0v) is 21.8. The first-order valence-electron chi connectivity index (χ1n) is 13.4. The van der Waals surface area contributed by atoms with Crippen LogP contribution in [-0.2, 0) is 15.8 Å². The van der Waals surface area contributed by atoms with E-state index in [1.807, 2.05) is 43.0 Å². The number of Topliss-reactive ketones (excluding diaryl/α,β-unsaturated/α-hetero) is 1. The number of alkyl halides is 3. The average Bonchev–Trinajstić information content (AvgIpc) is 2.98. The molecular formula is C30H34F3N3O2. The SMILES string of the molecule is CC1(C)CC(=O)C2=C(C1)Nc1ccccc1N(CC(=O)NC1CCCCC1)C2c1ccc(C(F)(F)F)cc1. The number of nitrogens with one attached hydrogen (secondary N) is 2. The summed E-state index contributed by atoms with van der Waals surface area (Å²) in [5, 5.41) is 6.64. The molecule has 0 aromatic heterocycles. The van der Waals surface area contributed by atoms with Crippen LogP contribution in [0.2, 0.25) is 0 Å². The maximum absolute atomic E-state index is 13.7. The Balaban J connectivity index is 1.61. The predicted octanol–water partition coefficient (Wildman–Crippen LogP) is 6.77. The Kier molecular flexibility index (Phi) is 7.01. The summed E-state index contributed by atoms with van der Waals surface area (Å²) in [4.78, 5) is 29.0. The molecule has 2 N–H and O–H groups in total. The number of anilines is 2. The van der Waals surface area contributed by atoms with Crippen LogP contribution in [0.5, 0.6) is 0 Å². The summed E-state index contributed by atoms with van der Waals surface area (Å²) in [5.41, 5.74) is 2.31. The molecule has 0 radical (unpaired) electrons. The molecule has 3 aliphatic rings. The summed E-state index contributed by atoms with van der Waals surface area (Å²) in [5.74, 6) is -0.213. The topological polar surface area (TPSA) is 61.4 Å². The van der Waals surface area contributed by atoms with Crippen LogP contribution in [0.1, 0.15) is 76.0 Å². The van der Waals surface area contributed by atoms with Gasteiger partial charge >= 0.3 is 6.18 Å². The molecule has 0 spiro atoms. The molecule has 2 aliphatic carbocycles. The fourth-order valence-electron chi connectivity index (χ4n) is 6.10. The van der Waals surface area contributed by atoms with Crippen molar-refractivity contribution < 1.29 is 22.8 Å². The second kappa shape index (κ2) is 10.1. The molecule has 1 aliphatic heterocycles. The molecule has 2 aromatic rings. The molecular weight excluding hydrogens is 491 g/mol. The molecule has 0 bridgehead atoms. The predicted molar refractivity (Wildman–Crippen MR) is 142 cm³/mol. The minimum absolute atomic E-state index is 0.0195. The Bertz CT molecular complexity index is 1240. The standard InChI is InChI=1S/C30H34F3N3O2/c1-29(2)16-23-27(25(37)17-29)28(19-12-14-20(15-13-19)30(31,32)33)36(24-11-7-6-10-22(24)35-23)18-26(38)34-21-8-4-3-5-9-21/h6-7,10-15,21,28,35H,3-5,8-9,16-18H2,1-2H3,(H,34,38). The normalized spacial score (nSPS) is 21.8. The first kappa shape index (κ1) is 26.3. The summed E-state index contributed by atoms with van der Waals surface area (Å²) < 4.78 is 40.1. The Morgan fingerprint density at radius 3 is 2.39 bits per heavy atom. The van der Waals surface area contributed by atoms with Gasteiger partial charge in [-0.05, 0) is 54.5 Å². The number of hydrogen-bond acceptors (Lipinski definition) is 4. The molecule has 1 atom stereocenters. The van der Waals surface area contributed by atoms with Crippen molar-refractivity contribution in [1.29, 1.82) is 0 Å². The molecule has 0 saturated heterocycles. The molecule has 5 nitrogen and oxygen atoms in total. The van der Waals surface area contributed by atoms with Crippen LogP contribution < -0.4 is 15.5 Å². The molecule has 1 saturated carbocycles. The van der Waals surface area contributed by atoms with Crippen LogP contribution in [0.25, 0.3) is 0 Å². The minimum Gasteiger partial charge on any atom is -0.357 e. The number of hydrogen-bond donors (Lipinski definition) is 2. The Morgan fingerprint density at radius 2 is 1.71 bits per heavy atom. The van der Waals surface area contributed by atoms with E-state index in [1.54, 1.807) is 0 Å². The van der Waals surface area contributed by atoms with Crippen LogP contribution in [0.4, 0.5) is 24.5 Å². The highest BCUT2D eigenvalue weighted by atomic mass is 19.4. The zero-order valence-electron chi connectivity index (χ0n) is 21.8. The van der Waals surface area contributed by atoms with Gasteiger partial charge in [-0.25, -0.2) is 0 Å². The number of rotatable bonds is 4. The van der Waals surface area contributed by atoms with Crippen molar-refractivity contribution in [2.75, 3.05) is 16.8 Å². The molecule has 8 heteroatoms. The fraction of sp³-hybridized carbons (Fsp3) is 0.467. The highest BCUT2D eigenvalue weighted by molar-refractivity contribution is 6.01. The fourth-order valence-corrected chi connectivity index (χ4v) is 6.10. The maximum atomic E-state index is 13.7. The lowest BCUT2D eigenvalue weighted by Crippen LogP contribution is -2.45. The van der Waals surface area contributed by atoms with Crippen molar-refractivity contribution in [3.63, 3.8) is 0 Å². The second-order valence-corrected chi connectivity index (χ2v) is 11.5. The number of halogens is 3. The van der Waals surface area contributed by atoms with E-state index in [4.69, 9.17) is 0 Å². The number of carbonyl (C=O) groups excluding carboxylic acids is 2. The van der Waals surface area contributed by atoms with Crippen molar-refractivity contribution >= 4 is 23.1 Å². The molecule has 5 rings (SSSR count). The minimum atomic E-state index is -4.47. The Morgan fingerprint density at radius 1 is 1.03 bits per heavy atom. The Hall–Kier alpha value is -3.29. The van der Waals surface area contributed by atoms with Crippen molar-refractivity contribution in [2.45, 2.75) is 77.1 Å². The van der Waals surface area contributed by atoms with Crippen molar-refractivity contribution in [3.8, 4) is 0 Å². The van der Waals surface area contributed by atoms with Gasteiger partial charge in [-0.2, -0.15) is 13.2 Å².